The molecule has 0 saturated heterocycles. The van der Waals surface area contributed by atoms with E-state index in [0.29, 0.717) is 5.75 Å². The van der Waals surface area contributed by atoms with Crippen LogP contribution in [0.1, 0.15) is 10.4 Å². The molecule has 0 spiro atoms. The summed E-state index contributed by atoms with van der Waals surface area (Å²) in [6.07, 6.45) is 0.0736. The molecule has 0 radical (unpaired) electrons. The highest BCUT2D eigenvalue weighted by Gasteiger charge is 2.21. The van der Waals surface area contributed by atoms with E-state index in [4.69, 9.17) is 14.2 Å². The summed E-state index contributed by atoms with van der Waals surface area (Å²) < 4.78 is 41.3. The van der Waals surface area contributed by atoms with E-state index in [1.807, 2.05) is 0 Å². The Kier molecular flexibility index (Phi) is 5.56. The number of halogens is 2. The lowest BCUT2D eigenvalue weighted by molar-refractivity contribution is 0.102. The van der Waals surface area contributed by atoms with Crippen molar-refractivity contribution in [2.24, 2.45) is 0 Å². The second-order valence-corrected chi connectivity index (χ2v) is 4.68. The molecule has 0 aliphatic carbocycles. The van der Waals surface area contributed by atoms with Crippen LogP contribution in [0.25, 0.3) is 0 Å². The summed E-state index contributed by atoms with van der Waals surface area (Å²) >= 11 is 0. The molecule has 1 heterocycles. The van der Waals surface area contributed by atoms with Crippen LogP contribution in [0.2, 0.25) is 0 Å². The molecule has 1 aromatic carbocycles. The number of amides is 1. The minimum absolute atomic E-state index is 0.203. The topological polar surface area (TPSA) is 74.6 Å². The van der Waals surface area contributed by atoms with Crippen LogP contribution >= 0.6 is 0 Å². The van der Waals surface area contributed by atoms with E-state index in [9.17, 15) is 13.6 Å². The molecule has 7 nitrogen and oxygen atoms in total. The fourth-order valence-corrected chi connectivity index (χ4v) is 2.15. The normalized spacial score (nSPS) is 10.6. The Morgan fingerprint density at radius 2 is 1.92 bits per heavy atom. The summed E-state index contributed by atoms with van der Waals surface area (Å²) in [7, 11) is 4.29. The number of carbonyl (C=O) groups excluding carboxylic acids is 1. The Bertz CT molecular complexity index is 719. The van der Waals surface area contributed by atoms with Gasteiger partial charge in [0, 0.05) is 6.20 Å². The van der Waals surface area contributed by atoms with Gasteiger partial charge in [0.25, 0.3) is 12.3 Å². The molecule has 9 heteroatoms. The van der Waals surface area contributed by atoms with Crippen molar-refractivity contribution in [3.05, 3.63) is 30.1 Å². The highest BCUT2D eigenvalue weighted by Crippen LogP contribution is 2.39. The SMILES string of the molecule is COc1ccc(C(=O)Nc2cnn(CC(F)F)c2)c(OC)c1OC. The third-order valence-electron chi connectivity index (χ3n) is 3.16. The van der Waals surface area contributed by atoms with Gasteiger partial charge in [-0.1, -0.05) is 0 Å². The lowest BCUT2D eigenvalue weighted by atomic mass is 10.1. The second kappa shape index (κ2) is 7.62. The molecule has 0 unspecified atom stereocenters. The quantitative estimate of drug-likeness (QED) is 0.837. The number of ether oxygens (including phenoxy) is 3. The van der Waals surface area contributed by atoms with Crippen LogP contribution in [0.5, 0.6) is 17.2 Å². The molecule has 0 fully saturated rings. The van der Waals surface area contributed by atoms with Crippen molar-refractivity contribution in [2.45, 2.75) is 13.0 Å². The van der Waals surface area contributed by atoms with E-state index in [2.05, 4.69) is 10.4 Å². The zero-order valence-corrected chi connectivity index (χ0v) is 13.4. The molecule has 130 valence electrons. The third-order valence-corrected chi connectivity index (χ3v) is 3.16. The average molecular weight is 341 g/mol. The summed E-state index contributed by atoms with van der Waals surface area (Å²) in [5, 5.41) is 6.32. The lowest BCUT2D eigenvalue weighted by Gasteiger charge is -2.15. The van der Waals surface area contributed by atoms with Gasteiger partial charge in [-0.25, -0.2) is 8.78 Å². The minimum Gasteiger partial charge on any atom is -0.493 e. The van der Waals surface area contributed by atoms with E-state index < -0.39 is 18.9 Å². The zero-order chi connectivity index (χ0) is 17.7. The molecular formula is C15H17F2N3O4. The largest absolute Gasteiger partial charge is 0.493 e. The molecule has 0 aliphatic rings. The van der Waals surface area contributed by atoms with Crippen LogP contribution in [-0.2, 0) is 6.54 Å². The first kappa shape index (κ1) is 17.5. The highest BCUT2D eigenvalue weighted by molar-refractivity contribution is 6.06. The molecule has 0 saturated carbocycles. The van der Waals surface area contributed by atoms with Crippen molar-refractivity contribution >= 4 is 11.6 Å². The van der Waals surface area contributed by atoms with Crippen LogP contribution in [0.3, 0.4) is 0 Å². The van der Waals surface area contributed by atoms with Crippen LogP contribution in [-0.4, -0.2) is 43.4 Å². The van der Waals surface area contributed by atoms with Gasteiger partial charge in [0.05, 0.1) is 38.8 Å². The van der Waals surface area contributed by atoms with Crippen LogP contribution in [0.4, 0.5) is 14.5 Å². The number of alkyl halides is 2. The summed E-state index contributed by atoms with van der Waals surface area (Å²) in [4.78, 5) is 12.4. The number of hydrogen-bond acceptors (Lipinski definition) is 5. The molecule has 0 bridgehead atoms. The van der Waals surface area contributed by atoms with E-state index in [-0.39, 0.29) is 22.7 Å². The van der Waals surface area contributed by atoms with Crippen LogP contribution in [0.15, 0.2) is 24.5 Å². The summed E-state index contributed by atoms with van der Waals surface area (Å²) in [5.74, 6) is 0.399. The highest BCUT2D eigenvalue weighted by atomic mass is 19.3. The fraction of sp³-hybridized carbons (Fsp3) is 0.333. The summed E-state index contributed by atoms with van der Waals surface area (Å²) in [6, 6.07) is 3.08. The van der Waals surface area contributed by atoms with Gasteiger partial charge in [-0.15, -0.1) is 0 Å². The molecule has 2 aromatic rings. The Labute approximate surface area is 137 Å². The van der Waals surface area contributed by atoms with Crippen molar-refractivity contribution in [1.29, 1.82) is 0 Å². The maximum Gasteiger partial charge on any atom is 0.259 e. The molecule has 0 atom stereocenters. The van der Waals surface area contributed by atoms with E-state index in [1.165, 1.54) is 39.8 Å². The second-order valence-electron chi connectivity index (χ2n) is 4.68. The van der Waals surface area contributed by atoms with Gasteiger partial charge in [0.2, 0.25) is 5.75 Å². The van der Waals surface area contributed by atoms with Gasteiger partial charge in [-0.2, -0.15) is 5.10 Å². The Hall–Kier alpha value is -2.84. The first-order valence-electron chi connectivity index (χ1n) is 6.91. The van der Waals surface area contributed by atoms with Gasteiger partial charge >= 0.3 is 0 Å². The van der Waals surface area contributed by atoms with Gasteiger partial charge < -0.3 is 19.5 Å². The molecule has 1 amide bonds. The predicted molar refractivity (Wildman–Crippen MR) is 82.3 cm³/mol. The maximum absolute atomic E-state index is 12.4. The van der Waals surface area contributed by atoms with Gasteiger partial charge in [-0.05, 0) is 12.1 Å². The molecule has 0 aliphatic heterocycles. The lowest BCUT2D eigenvalue weighted by Crippen LogP contribution is -2.13. The molecular weight excluding hydrogens is 324 g/mol. The van der Waals surface area contributed by atoms with E-state index in [0.717, 1.165) is 4.68 Å². The molecule has 1 N–H and O–H groups in total. The fourth-order valence-electron chi connectivity index (χ4n) is 2.15. The predicted octanol–water partition coefficient (Wildman–Crippen LogP) is 2.43. The molecule has 1 aromatic heterocycles. The van der Waals surface area contributed by atoms with Crippen LogP contribution in [0, 0.1) is 0 Å². The van der Waals surface area contributed by atoms with Crippen molar-refractivity contribution in [2.75, 3.05) is 26.6 Å². The maximum atomic E-state index is 12.4. The number of hydrogen-bond donors (Lipinski definition) is 1. The number of rotatable bonds is 7. The van der Waals surface area contributed by atoms with Crippen molar-refractivity contribution in [3.8, 4) is 17.2 Å². The van der Waals surface area contributed by atoms with Gasteiger partial charge in [0.1, 0.15) is 6.54 Å². The van der Waals surface area contributed by atoms with Crippen LogP contribution < -0.4 is 19.5 Å². The Morgan fingerprint density at radius 3 is 2.50 bits per heavy atom. The number of aromatic nitrogens is 2. The first-order chi connectivity index (χ1) is 11.5. The third kappa shape index (κ3) is 3.73. The van der Waals surface area contributed by atoms with Crippen molar-refractivity contribution in [1.82, 2.24) is 9.78 Å². The van der Waals surface area contributed by atoms with E-state index in [1.54, 1.807) is 6.07 Å². The van der Waals surface area contributed by atoms with Gasteiger partial charge in [-0.3, -0.25) is 9.48 Å². The minimum atomic E-state index is -2.53. The number of nitrogens with zero attached hydrogens (tertiary/aromatic N) is 2. The number of anilines is 1. The number of nitrogens with one attached hydrogen (secondary N) is 1. The average Bonchev–Trinajstić information content (AvgIpc) is 2.98. The first-order valence-corrected chi connectivity index (χ1v) is 6.91. The monoisotopic (exact) mass is 341 g/mol. The van der Waals surface area contributed by atoms with Gasteiger partial charge in [0.15, 0.2) is 11.5 Å². The van der Waals surface area contributed by atoms with Crippen molar-refractivity contribution in [3.63, 3.8) is 0 Å². The molecule has 24 heavy (non-hydrogen) atoms. The number of carbonyl (C=O) groups is 1. The van der Waals surface area contributed by atoms with E-state index >= 15 is 0 Å². The Balaban J connectivity index is 2.25. The standard InChI is InChI=1S/C15H17F2N3O4/c1-22-11-5-4-10(13(23-2)14(11)24-3)15(21)19-9-6-18-20(7-9)8-12(16)17/h4-7,12H,8H2,1-3H3,(H,19,21). The number of methoxy groups -OCH3 is 3. The smallest absolute Gasteiger partial charge is 0.259 e. The Morgan fingerprint density at radius 1 is 1.21 bits per heavy atom. The summed E-state index contributed by atoms with van der Waals surface area (Å²) in [6.45, 7) is -0.546. The molecule has 2 rings (SSSR count). The number of benzene rings is 1. The zero-order valence-electron chi connectivity index (χ0n) is 13.4. The van der Waals surface area contributed by atoms with Crippen molar-refractivity contribution < 1.29 is 27.8 Å². The summed E-state index contributed by atoms with van der Waals surface area (Å²) in [5.41, 5.74) is 0.495.